The molecule has 0 spiro atoms. The first-order valence-corrected chi connectivity index (χ1v) is 7.98. The molecule has 0 N–H and O–H groups in total. The van der Waals surface area contributed by atoms with Crippen molar-refractivity contribution in [2.24, 2.45) is 0 Å². The summed E-state index contributed by atoms with van der Waals surface area (Å²) in [7, 11) is -0.877. The van der Waals surface area contributed by atoms with E-state index in [1.807, 2.05) is 0 Å². The van der Waals surface area contributed by atoms with Gasteiger partial charge in [0.1, 0.15) is 0 Å². The van der Waals surface area contributed by atoms with Gasteiger partial charge < -0.3 is 0 Å². The molecule has 2 heteroatoms. The maximum Gasteiger partial charge on any atom is 0 e. The molecule has 0 saturated carbocycles. The molecule has 0 aliphatic rings. The molecule has 0 fully saturated rings. The Morgan fingerprint density at radius 2 is 0.650 bits per heavy atom. The zero-order valence-corrected chi connectivity index (χ0v) is 13.6. The number of rotatable bonds is 3. The smallest absolute Gasteiger partial charge is 0 e. The van der Waals surface area contributed by atoms with Crippen LogP contribution in [0.5, 0.6) is 0 Å². The Balaban J connectivity index is 0.00000147. The van der Waals surface area contributed by atoms with Crippen LogP contribution in [0.1, 0.15) is 0 Å². The second-order valence-electron chi connectivity index (χ2n) is 4.47. The molecule has 3 aromatic rings. The van der Waals surface area contributed by atoms with Crippen molar-refractivity contribution in [2.75, 3.05) is 0 Å². The van der Waals surface area contributed by atoms with Crippen molar-refractivity contribution in [3.8, 4) is 0 Å². The molecule has 0 amide bonds. The average Bonchev–Trinajstić information content (AvgIpc) is 2.51. The summed E-state index contributed by atoms with van der Waals surface area (Å²) in [4.78, 5) is 0. The van der Waals surface area contributed by atoms with Gasteiger partial charge in [-0.25, -0.2) is 0 Å². The van der Waals surface area contributed by atoms with E-state index in [-0.39, 0.29) is 19.5 Å². The molecule has 102 valence electrons. The molecule has 3 rings (SSSR count). The Bertz CT molecular complexity index is 529. The molecule has 0 aliphatic heterocycles. The molecular formula is C18H16PRh. The Morgan fingerprint density at radius 3 is 0.900 bits per heavy atom. The van der Waals surface area contributed by atoms with E-state index in [2.05, 4.69) is 91.0 Å². The van der Waals surface area contributed by atoms with Crippen LogP contribution in [0.4, 0.5) is 0 Å². The molecule has 0 aliphatic carbocycles. The minimum absolute atomic E-state index is 0. The van der Waals surface area contributed by atoms with Crippen molar-refractivity contribution in [3.05, 3.63) is 91.0 Å². The van der Waals surface area contributed by atoms with E-state index in [0.717, 1.165) is 0 Å². The van der Waals surface area contributed by atoms with Gasteiger partial charge in [-0.15, -0.1) is 0 Å². The third-order valence-electron chi connectivity index (χ3n) is 3.19. The summed E-state index contributed by atoms with van der Waals surface area (Å²) in [5.74, 6) is 0. The van der Waals surface area contributed by atoms with E-state index in [1.54, 1.807) is 0 Å². The van der Waals surface area contributed by atoms with Gasteiger partial charge in [-0.1, -0.05) is 98.9 Å². The zero-order valence-electron chi connectivity index (χ0n) is 11.0. The van der Waals surface area contributed by atoms with Crippen molar-refractivity contribution in [1.29, 1.82) is 0 Å². The normalized spacial score (nSPS) is 10.1. The monoisotopic (exact) mass is 366 g/mol. The largest absolute Gasteiger partial charge is 0.0622 e. The third-order valence-corrected chi connectivity index (χ3v) is 5.92. The van der Waals surface area contributed by atoms with Crippen molar-refractivity contribution in [3.63, 3.8) is 0 Å². The van der Waals surface area contributed by atoms with E-state index in [9.17, 15) is 0 Å². The Hall–Kier alpha value is -1.29. The molecule has 0 saturated heterocycles. The molecule has 0 aromatic heterocycles. The van der Waals surface area contributed by atoms with Crippen LogP contribution in [0.25, 0.3) is 0 Å². The van der Waals surface area contributed by atoms with Crippen molar-refractivity contribution >= 4 is 23.8 Å². The van der Waals surface area contributed by atoms with Crippen LogP contribution >= 0.6 is 7.92 Å². The van der Waals surface area contributed by atoms with Crippen LogP contribution in [-0.2, 0) is 19.5 Å². The van der Waals surface area contributed by atoms with E-state index < -0.39 is 7.92 Å². The SMILES string of the molecule is [Rh].c1ccc([PH](c2ccccc2)c2ccccc2)cc1. The van der Waals surface area contributed by atoms with Crippen molar-refractivity contribution in [1.82, 2.24) is 0 Å². The van der Waals surface area contributed by atoms with Crippen molar-refractivity contribution < 1.29 is 19.5 Å². The van der Waals surface area contributed by atoms with E-state index in [4.69, 9.17) is 0 Å². The van der Waals surface area contributed by atoms with E-state index >= 15 is 0 Å². The van der Waals surface area contributed by atoms with Crippen LogP contribution in [-0.4, -0.2) is 0 Å². The summed E-state index contributed by atoms with van der Waals surface area (Å²) in [5, 5.41) is 4.31. The molecule has 0 unspecified atom stereocenters. The Labute approximate surface area is 134 Å². The molecule has 20 heavy (non-hydrogen) atoms. The first kappa shape index (κ1) is 15.1. The fourth-order valence-corrected chi connectivity index (χ4v) is 4.89. The van der Waals surface area contributed by atoms with Crippen LogP contribution in [0, 0.1) is 0 Å². The van der Waals surface area contributed by atoms with Gasteiger partial charge in [-0.2, -0.15) is 0 Å². The Kier molecular flexibility index (Phi) is 5.65. The van der Waals surface area contributed by atoms with Gasteiger partial charge in [0.25, 0.3) is 0 Å². The summed E-state index contributed by atoms with van der Waals surface area (Å²) >= 11 is 0. The second-order valence-corrected chi connectivity index (χ2v) is 6.96. The molecule has 0 nitrogen and oxygen atoms in total. The zero-order chi connectivity index (χ0) is 12.9. The fraction of sp³-hybridized carbons (Fsp3) is 0. The van der Waals surface area contributed by atoms with Crippen LogP contribution in [0.2, 0.25) is 0 Å². The summed E-state index contributed by atoms with van der Waals surface area (Å²) in [6.07, 6.45) is 0. The van der Waals surface area contributed by atoms with Crippen LogP contribution in [0.3, 0.4) is 0 Å². The minimum atomic E-state index is -0.877. The molecular weight excluding hydrogens is 350 g/mol. The maximum atomic E-state index is 2.24. The summed E-state index contributed by atoms with van der Waals surface area (Å²) < 4.78 is 0. The number of benzene rings is 3. The van der Waals surface area contributed by atoms with E-state index in [1.165, 1.54) is 15.9 Å². The van der Waals surface area contributed by atoms with Crippen LogP contribution in [0.15, 0.2) is 91.0 Å². The molecule has 0 heterocycles. The summed E-state index contributed by atoms with van der Waals surface area (Å²) in [6, 6.07) is 32.5. The topological polar surface area (TPSA) is 0 Å². The number of hydrogen-bond acceptors (Lipinski definition) is 0. The first-order valence-electron chi connectivity index (χ1n) is 6.48. The van der Waals surface area contributed by atoms with Gasteiger partial charge >= 0.3 is 0 Å². The van der Waals surface area contributed by atoms with E-state index in [0.29, 0.717) is 0 Å². The standard InChI is InChI=1S/C18H16P.Rh/c1-4-10-16(11-5-1)19(17-12-6-2-7-13-17)18-14-8-3-9-15-18;/h1-15,19H;. The first-order chi connectivity index (χ1) is 9.45. The Morgan fingerprint density at radius 1 is 0.400 bits per heavy atom. The second kappa shape index (κ2) is 7.48. The van der Waals surface area contributed by atoms with Gasteiger partial charge in [0.15, 0.2) is 0 Å². The predicted molar refractivity (Wildman–Crippen MR) is 86.5 cm³/mol. The summed E-state index contributed by atoms with van der Waals surface area (Å²) in [5.41, 5.74) is 0. The molecule has 0 bridgehead atoms. The van der Waals surface area contributed by atoms with Gasteiger partial charge in [-0.3, -0.25) is 0 Å². The molecule has 0 atom stereocenters. The summed E-state index contributed by atoms with van der Waals surface area (Å²) in [6.45, 7) is 0. The van der Waals surface area contributed by atoms with Gasteiger partial charge in [-0.05, 0) is 15.9 Å². The predicted octanol–water partition coefficient (Wildman–Crippen LogP) is 3.17. The van der Waals surface area contributed by atoms with Gasteiger partial charge in [0.05, 0.1) is 0 Å². The number of hydrogen-bond donors (Lipinski definition) is 0. The average molecular weight is 366 g/mol. The third kappa shape index (κ3) is 3.42. The minimum Gasteiger partial charge on any atom is -0.0622 e. The quantitative estimate of drug-likeness (QED) is 0.494. The van der Waals surface area contributed by atoms with Gasteiger partial charge in [0.2, 0.25) is 0 Å². The van der Waals surface area contributed by atoms with Crippen LogP contribution < -0.4 is 15.9 Å². The maximum absolute atomic E-state index is 2.24. The molecule has 2 radical (unpaired) electrons. The fourth-order valence-electron chi connectivity index (χ4n) is 2.31. The molecule has 3 aromatic carbocycles. The van der Waals surface area contributed by atoms with Crippen molar-refractivity contribution in [2.45, 2.75) is 0 Å². The van der Waals surface area contributed by atoms with Gasteiger partial charge in [0, 0.05) is 19.5 Å².